The van der Waals surface area contributed by atoms with E-state index in [9.17, 15) is 9.18 Å². The minimum absolute atomic E-state index is 0.122. The lowest BCUT2D eigenvalue weighted by atomic mass is 10.0. The highest BCUT2D eigenvalue weighted by molar-refractivity contribution is 6.34. The molecule has 1 atom stereocenters. The molecule has 2 aromatic carbocycles. The van der Waals surface area contributed by atoms with Crippen molar-refractivity contribution < 1.29 is 14.0 Å². The second kappa shape index (κ2) is 7.82. The van der Waals surface area contributed by atoms with Crippen LogP contribution in [0.4, 0.5) is 10.2 Å². The minimum atomic E-state index is -0.870. The summed E-state index contributed by atoms with van der Waals surface area (Å²) >= 11 is 6.05. The highest BCUT2D eigenvalue weighted by atomic mass is 35.5. The van der Waals surface area contributed by atoms with Crippen LogP contribution in [0, 0.1) is 5.82 Å². The fourth-order valence-corrected chi connectivity index (χ4v) is 3.20. The van der Waals surface area contributed by atoms with Crippen molar-refractivity contribution in [3.05, 3.63) is 82.8 Å². The molecule has 28 heavy (non-hydrogen) atoms. The lowest BCUT2D eigenvalue weighted by molar-refractivity contribution is -0.125. The normalized spacial score (nSPS) is 15.8. The Hall–Kier alpha value is -3.19. The summed E-state index contributed by atoms with van der Waals surface area (Å²) < 4.78 is 15.7. The molecule has 0 fully saturated rings. The van der Waals surface area contributed by atoms with Crippen molar-refractivity contribution in [2.75, 3.05) is 5.32 Å². The molecule has 0 bridgehead atoms. The molecule has 1 N–H and O–H groups in total. The Labute approximate surface area is 165 Å². The SMILES string of the molecule is O=C(Nc1ccn(Cc2ccccc2)n1)C1CC(c2c(F)cccc2Cl)=NO1. The van der Waals surface area contributed by atoms with Crippen molar-refractivity contribution in [1.29, 1.82) is 0 Å². The van der Waals surface area contributed by atoms with Crippen molar-refractivity contribution in [2.24, 2.45) is 5.16 Å². The van der Waals surface area contributed by atoms with Gasteiger partial charge in [0.1, 0.15) is 5.82 Å². The van der Waals surface area contributed by atoms with Crippen LogP contribution in [0.2, 0.25) is 5.02 Å². The molecule has 1 aromatic heterocycles. The maximum Gasteiger partial charge on any atom is 0.269 e. The highest BCUT2D eigenvalue weighted by Gasteiger charge is 2.31. The van der Waals surface area contributed by atoms with Gasteiger partial charge in [-0.05, 0) is 17.7 Å². The third kappa shape index (κ3) is 3.89. The molecule has 2 heterocycles. The molecule has 6 nitrogen and oxygen atoms in total. The van der Waals surface area contributed by atoms with E-state index in [1.165, 1.54) is 12.1 Å². The summed E-state index contributed by atoms with van der Waals surface area (Å²) in [6.07, 6.45) is 1.03. The molecule has 0 spiro atoms. The molecule has 1 aliphatic rings. The molecule has 8 heteroatoms. The number of hydrogen-bond acceptors (Lipinski definition) is 4. The first-order chi connectivity index (χ1) is 13.6. The first-order valence-electron chi connectivity index (χ1n) is 8.65. The number of anilines is 1. The summed E-state index contributed by atoms with van der Waals surface area (Å²) in [5.41, 5.74) is 1.56. The van der Waals surface area contributed by atoms with Gasteiger partial charge >= 0.3 is 0 Å². The van der Waals surface area contributed by atoms with Crippen LogP contribution in [-0.4, -0.2) is 27.5 Å². The molecule has 0 aliphatic carbocycles. The van der Waals surface area contributed by atoms with Crippen molar-refractivity contribution in [3.63, 3.8) is 0 Å². The maximum absolute atomic E-state index is 14.0. The summed E-state index contributed by atoms with van der Waals surface area (Å²) in [5, 5.41) is 11.1. The molecule has 1 amide bonds. The van der Waals surface area contributed by atoms with Crippen LogP contribution in [0.1, 0.15) is 17.5 Å². The molecule has 142 valence electrons. The number of rotatable bonds is 5. The standard InChI is InChI=1S/C20H16ClFN4O2/c21-14-7-4-8-15(22)19(14)16-11-17(28-25-16)20(27)23-18-9-10-26(24-18)12-13-5-2-1-3-6-13/h1-10,17H,11-12H2,(H,23,24,27). The van der Waals surface area contributed by atoms with E-state index in [2.05, 4.69) is 15.6 Å². The van der Waals surface area contributed by atoms with Gasteiger partial charge < -0.3 is 10.2 Å². The quantitative estimate of drug-likeness (QED) is 0.709. The van der Waals surface area contributed by atoms with Crippen LogP contribution in [0.5, 0.6) is 0 Å². The number of amides is 1. The Morgan fingerprint density at radius 1 is 1.21 bits per heavy atom. The van der Waals surface area contributed by atoms with Gasteiger partial charge in [0.15, 0.2) is 5.82 Å². The van der Waals surface area contributed by atoms with Gasteiger partial charge in [0, 0.05) is 18.7 Å². The molecule has 1 unspecified atom stereocenters. The zero-order valence-electron chi connectivity index (χ0n) is 14.7. The number of carbonyl (C=O) groups excluding carboxylic acids is 1. The number of carbonyl (C=O) groups is 1. The summed E-state index contributed by atoms with van der Waals surface area (Å²) in [7, 11) is 0. The van der Waals surface area contributed by atoms with Crippen molar-refractivity contribution >= 4 is 29.0 Å². The molecule has 0 saturated carbocycles. The van der Waals surface area contributed by atoms with Crippen LogP contribution in [0.3, 0.4) is 0 Å². The number of hydrogen-bond donors (Lipinski definition) is 1. The number of nitrogens with one attached hydrogen (secondary N) is 1. The predicted octanol–water partition coefficient (Wildman–Crippen LogP) is 3.86. The zero-order valence-corrected chi connectivity index (χ0v) is 15.4. The Balaban J connectivity index is 1.38. The van der Waals surface area contributed by atoms with Crippen LogP contribution >= 0.6 is 11.6 Å². The molecular weight excluding hydrogens is 383 g/mol. The van der Waals surface area contributed by atoms with E-state index in [4.69, 9.17) is 16.4 Å². The number of aromatic nitrogens is 2. The van der Waals surface area contributed by atoms with Gasteiger partial charge in [-0.1, -0.05) is 53.2 Å². The first kappa shape index (κ1) is 18.2. The van der Waals surface area contributed by atoms with Gasteiger partial charge in [-0.2, -0.15) is 5.10 Å². The van der Waals surface area contributed by atoms with Gasteiger partial charge in [-0.3, -0.25) is 9.48 Å². The summed E-state index contributed by atoms with van der Waals surface area (Å²) in [6.45, 7) is 0.593. The van der Waals surface area contributed by atoms with Gasteiger partial charge in [-0.15, -0.1) is 0 Å². The third-order valence-electron chi connectivity index (χ3n) is 4.29. The smallest absolute Gasteiger partial charge is 0.269 e. The van der Waals surface area contributed by atoms with Crippen LogP contribution in [-0.2, 0) is 16.2 Å². The molecule has 3 aromatic rings. The molecule has 0 saturated heterocycles. The predicted molar refractivity (Wildman–Crippen MR) is 104 cm³/mol. The van der Waals surface area contributed by atoms with E-state index >= 15 is 0 Å². The van der Waals surface area contributed by atoms with Gasteiger partial charge in [0.25, 0.3) is 5.91 Å². The average molecular weight is 399 g/mol. The number of halogens is 2. The first-order valence-corrected chi connectivity index (χ1v) is 9.03. The number of benzene rings is 2. The van der Waals surface area contributed by atoms with Gasteiger partial charge in [-0.25, -0.2) is 4.39 Å². The van der Waals surface area contributed by atoms with Crippen molar-refractivity contribution in [1.82, 2.24) is 9.78 Å². The van der Waals surface area contributed by atoms with Crippen LogP contribution in [0.15, 0.2) is 65.9 Å². The van der Waals surface area contributed by atoms with Crippen LogP contribution < -0.4 is 5.32 Å². The Morgan fingerprint density at radius 3 is 2.82 bits per heavy atom. The minimum Gasteiger partial charge on any atom is -0.382 e. The zero-order chi connectivity index (χ0) is 19.5. The van der Waals surface area contributed by atoms with Crippen LogP contribution in [0.25, 0.3) is 0 Å². The average Bonchev–Trinajstić information content (AvgIpc) is 3.32. The lowest BCUT2D eigenvalue weighted by Crippen LogP contribution is -2.28. The van der Waals surface area contributed by atoms with E-state index < -0.39 is 17.8 Å². The Kier molecular flexibility index (Phi) is 5.08. The van der Waals surface area contributed by atoms with E-state index in [-0.39, 0.29) is 17.0 Å². The van der Waals surface area contributed by atoms with E-state index in [1.807, 2.05) is 30.3 Å². The highest BCUT2D eigenvalue weighted by Crippen LogP contribution is 2.26. The fourth-order valence-electron chi connectivity index (χ4n) is 2.93. The Morgan fingerprint density at radius 2 is 2.04 bits per heavy atom. The largest absolute Gasteiger partial charge is 0.382 e. The van der Waals surface area contributed by atoms with Crippen molar-refractivity contribution in [2.45, 2.75) is 19.1 Å². The maximum atomic E-state index is 14.0. The molecule has 4 rings (SSSR count). The van der Waals surface area contributed by atoms with E-state index in [0.29, 0.717) is 18.1 Å². The lowest BCUT2D eigenvalue weighted by Gasteiger charge is -2.08. The number of oxime groups is 1. The second-order valence-electron chi connectivity index (χ2n) is 6.31. The van der Waals surface area contributed by atoms with E-state index in [1.54, 1.807) is 23.0 Å². The molecular formula is C20H16ClFN4O2. The second-order valence-corrected chi connectivity index (χ2v) is 6.71. The summed E-state index contributed by atoms with van der Waals surface area (Å²) in [6, 6.07) is 15.9. The summed E-state index contributed by atoms with van der Waals surface area (Å²) in [5.74, 6) is -0.506. The van der Waals surface area contributed by atoms with Gasteiger partial charge in [0.2, 0.25) is 6.10 Å². The van der Waals surface area contributed by atoms with Crippen molar-refractivity contribution in [3.8, 4) is 0 Å². The van der Waals surface area contributed by atoms with Gasteiger partial charge in [0.05, 0.1) is 22.8 Å². The van der Waals surface area contributed by atoms with E-state index in [0.717, 1.165) is 5.56 Å². The fraction of sp³-hybridized carbons (Fsp3) is 0.150. The Bertz CT molecular complexity index is 1020. The third-order valence-corrected chi connectivity index (χ3v) is 4.61. The number of nitrogens with zero attached hydrogens (tertiary/aromatic N) is 3. The molecule has 1 aliphatic heterocycles. The summed E-state index contributed by atoms with van der Waals surface area (Å²) in [4.78, 5) is 17.6. The molecule has 0 radical (unpaired) electrons. The monoisotopic (exact) mass is 398 g/mol. The topological polar surface area (TPSA) is 68.5 Å².